The third-order valence-electron chi connectivity index (χ3n) is 2.18. The third kappa shape index (κ3) is 7.90. The summed E-state index contributed by atoms with van der Waals surface area (Å²) in [5.41, 5.74) is 0. The summed E-state index contributed by atoms with van der Waals surface area (Å²) in [7, 11) is 0. The summed E-state index contributed by atoms with van der Waals surface area (Å²) in [5.74, 6) is 0. The van der Waals surface area contributed by atoms with E-state index in [1.54, 1.807) is 0 Å². The SMILES string of the molecule is CC(C)(C)Sc1cccc(SC(C)(C)C)c1SC(C)(C)C. The van der Waals surface area contributed by atoms with Crippen molar-refractivity contribution in [2.45, 2.75) is 91.2 Å². The second-order valence-corrected chi connectivity index (χ2v) is 13.8. The third-order valence-corrected chi connectivity index (χ3v) is 6.04. The minimum atomic E-state index is 0.224. The number of thioether (sulfide) groups is 3. The molecule has 0 saturated heterocycles. The Morgan fingerprint density at radius 2 is 0.905 bits per heavy atom. The van der Waals surface area contributed by atoms with Crippen LogP contribution in [-0.4, -0.2) is 14.2 Å². The monoisotopic (exact) mass is 342 g/mol. The van der Waals surface area contributed by atoms with Crippen molar-refractivity contribution < 1.29 is 0 Å². The maximum absolute atomic E-state index is 2.29. The van der Waals surface area contributed by atoms with E-state index in [1.165, 1.54) is 14.7 Å². The topological polar surface area (TPSA) is 0 Å². The van der Waals surface area contributed by atoms with Crippen LogP contribution in [0.3, 0.4) is 0 Å². The van der Waals surface area contributed by atoms with Gasteiger partial charge in [-0.2, -0.15) is 0 Å². The predicted molar refractivity (Wildman–Crippen MR) is 103 cm³/mol. The van der Waals surface area contributed by atoms with Crippen molar-refractivity contribution in [3.8, 4) is 0 Å². The van der Waals surface area contributed by atoms with E-state index in [4.69, 9.17) is 0 Å². The number of benzene rings is 1. The van der Waals surface area contributed by atoms with Crippen molar-refractivity contribution in [1.29, 1.82) is 0 Å². The molecule has 21 heavy (non-hydrogen) atoms. The van der Waals surface area contributed by atoms with Gasteiger partial charge in [0, 0.05) is 28.9 Å². The first-order chi connectivity index (χ1) is 9.27. The molecule has 0 radical (unpaired) electrons. The van der Waals surface area contributed by atoms with Gasteiger partial charge in [-0.25, -0.2) is 0 Å². The van der Waals surface area contributed by atoms with E-state index < -0.39 is 0 Å². The van der Waals surface area contributed by atoms with Crippen LogP contribution in [0.15, 0.2) is 32.9 Å². The maximum Gasteiger partial charge on any atom is 0.0350 e. The van der Waals surface area contributed by atoms with Gasteiger partial charge in [0.15, 0.2) is 0 Å². The Hall–Kier alpha value is 0.270. The van der Waals surface area contributed by atoms with Crippen molar-refractivity contribution in [1.82, 2.24) is 0 Å². The summed E-state index contributed by atoms with van der Waals surface area (Å²) in [6.07, 6.45) is 0. The fourth-order valence-corrected chi connectivity index (χ4v) is 5.26. The van der Waals surface area contributed by atoms with Crippen molar-refractivity contribution in [3.05, 3.63) is 18.2 Å². The quantitative estimate of drug-likeness (QED) is 0.527. The summed E-state index contributed by atoms with van der Waals surface area (Å²) >= 11 is 5.94. The van der Waals surface area contributed by atoms with Crippen molar-refractivity contribution in [2.24, 2.45) is 0 Å². The molecule has 0 aromatic heterocycles. The van der Waals surface area contributed by atoms with Crippen molar-refractivity contribution in [2.75, 3.05) is 0 Å². The van der Waals surface area contributed by atoms with E-state index in [-0.39, 0.29) is 14.2 Å². The van der Waals surface area contributed by atoms with Crippen molar-refractivity contribution in [3.63, 3.8) is 0 Å². The van der Waals surface area contributed by atoms with E-state index in [0.29, 0.717) is 0 Å². The van der Waals surface area contributed by atoms with Crippen molar-refractivity contribution >= 4 is 35.3 Å². The van der Waals surface area contributed by atoms with Crippen LogP contribution in [0.25, 0.3) is 0 Å². The summed E-state index contributed by atoms with van der Waals surface area (Å²) < 4.78 is 0.693. The Bertz CT molecular complexity index is 436. The van der Waals surface area contributed by atoms with Gasteiger partial charge in [0.05, 0.1) is 0 Å². The molecule has 0 bridgehead atoms. The van der Waals surface area contributed by atoms with Gasteiger partial charge in [-0.15, -0.1) is 35.3 Å². The van der Waals surface area contributed by atoms with Gasteiger partial charge in [0.2, 0.25) is 0 Å². The van der Waals surface area contributed by atoms with Gasteiger partial charge < -0.3 is 0 Å². The number of hydrogen-bond donors (Lipinski definition) is 0. The Morgan fingerprint density at radius 3 is 1.19 bits per heavy atom. The molecule has 0 aliphatic carbocycles. The predicted octanol–water partition coefficient (Wildman–Crippen LogP) is 7.36. The first-order valence-electron chi connectivity index (χ1n) is 7.47. The molecule has 1 aromatic carbocycles. The Kier molecular flexibility index (Phi) is 6.26. The minimum absolute atomic E-state index is 0.224. The van der Waals surface area contributed by atoms with E-state index >= 15 is 0 Å². The van der Waals surface area contributed by atoms with E-state index in [9.17, 15) is 0 Å². The molecule has 120 valence electrons. The highest BCUT2D eigenvalue weighted by molar-refractivity contribution is 8.05. The molecule has 0 N–H and O–H groups in total. The van der Waals surface area contributed by atoms with Gasteiger partial charge in [-0.1, -0.05) is 68.4 Å². The van der Waals surface area contributed by atoms with Crippen LogP contribution in [0.2, 0.25) is 0 Å². The molecule has 3 heteroatoms. The smallest absolute Gasteiger partial charge is 0.0350 e. The summed E-state index contributed by atoms with van der Waals surface area (Å²) in [6, 6.07) is 6.75. The molecule has 0 amide bonds. The average Bonchev–Trinajstić information content (AvgIpc) is 2.16. The fourth-order valence-electron chi connectivity index (χ4n) is 1.72. The zero-order valence-electron chi connectivity index (χ0n) is 15.0. The highest BCUT2D eigenvalue weighted by Gasteiger charge is 2.24. The highest BCUT2D eigenvalue weighted by atomic mass is 32.2. The van der Waals surface area contributed by atoms with Gasteiger partial charge in [-0.05, 0) is 12.1 Å². The lowest BCUT2D eigenvalue weighted by Crippen LogP contribution is -2.12. The number of rotatable bonds is 3. The molecule has 0 fully saturated rings. The molecule has 0 saturated carbocycles. The van der Waals surface area contributed by atoms with Gasteiger partial charge in [-0.3, -0.25) is 0 Å². The molecular weight excluding hydrogens is 312 g/mol. The Labute approximate surface area is 144 Å². The summed E-state index contributed by atoms with van der Waals surface area (Å²) in [6.45, 7) is 20.6. The number of hydrogen-bond acceptors (Lipinski definition) is 3. The molecule has 1 aromatic rings. The van der Waals surface area contributed by atoms with Gasteiger partial charge in [0.1, 0.15) is 0 Å². The second kappa shape index (κ2) is 6.80. The fraction of sp³-hybridized carbons (Fsp3) is 0.667. The average molecular weight is 343 g/mol. The van der Waals surface area contributed by atoms with Crippen LogP contribution < -0.4 is 0 Å². The molecule has 0 aliphatic rings. The summed E-state index contributed by atoms with van der Waals surface area (Å²) in [4.78, 5) is 4.28. The van der Waals surface area contributed by atoms with Crippen LogP contribution in [0.5, 0.6) is 0 Å². The Morgan fingerprint density at radius 1 is 0.571 bits per heavy atom. The largest absolute Gasteiger partial charge is 0.119 e. The van der Waals surface area contributed by atoms with Crippen LogP contribution in [0.4, 0.5) is 0 Å². The zero-order chi connectivity index (χ0) is 16.5. The molecule has 1 rings (SSSR count). The van der Waals surface area contributed by atoms with Crippen LogP contribution in [-0.2, 0) is 0 Å². The van der Waals surface area contributed by atoms with Gasteiger partial charge >= 0.3 is 0 Å². The summed E-state index contributed by atoms with van der Waals surface area (Å²) in [5, 5.41) is 0. The van der Waals surface area contributed by atoms with Gasteiger partial charge in [0.25, 0.3) is 0 Å². The molecule has 0 spiro atoms. The van der Waals surface area contributed by atoms with Crippen LogP contribution in [0, 0.1) is 0 Å². The first-order valence-corrected chi connectivity index (χ1v) is 9.92. The van der Waals surface area contributed by atoms with Crippen LogP contribution >= 0.6 is 35.3 Å². The molecule has 0 nitrogen and oxygen atoms in total. The minimum Gasteiger partial charge on any atom is -0.119 e. The highest BCUT2D eigenvalue weighted by Crippen LogP contribution is 2.48. The van der Waals surface area contributed by atoms with E-state index in [1.807, 2.05) is 35.3 Å². The zero-order valence-corrected chi connectivity index (χ0v) is 17.4. The Balaban J connectivity index is 3.27. The molecule has 0 heterocycles. The lowest BCUT2D eigenvalue weighted by atomic mass is 10.3. The second-order valence-electron chi connectivity index (χ2n) is 8.23. The first kappa shape index (κ1) is 19.3. The molecule has 0 atom stereocenters. The standard InChI is InChI=1S/C18H30S3/c1-16(2,3)19-13-11-10-12-14(20-17(4,5)6)15(13)21-18(7,8)9/h10-12H,1-9H3. The lowest BCUT2D eigenvalue weighted by molar-refractivity contribution is 0.786. The normalized spacial score (nSPS) is 13.6. The van der Waals surface area contributed by atoms with Crippen LogP contribution in [0.1, 0.15) is 62.3 Å². The van der Waals surface area contributed by atoms with E-state index in [2.05, 4.69) is 80.5 Å². The molecular formula is C18H30S3. The maximum atomic E-state index is 2.29. The lowest BCUT2D eigenvalue weighted by Gasteiger charge is -2.27. The molecule has 0 unspecified atom stereocenters. The van der Waals surface area contributed by atoms with E-state index in [0.717, 1.165) is 0 Å². The molecule has 0 aliphatic heterocycles.